The van der Waals surface area contributed by atoms with Crippen molar-refractivity contribution in [1.82, 2.24) is 36.4 Å². The van der Waals surface area contributed by atoms with Gasteiger partial charge in [-0.2, -0.15) is 0 Å². The van der Waals surface area contributed by atoms with Gasteiger partial charge in [0, 0.05) is 39.1 Å². The molecule has 0 saturated carbocycles. The van der Waals surface area contributed by atoms with Gasteiger partial charge in [0.05, 0.1) is 19.1 Å². The number of unbranched alkanes of at least 4 members (excludes halogenated alkanes) is 4. The lowest BCUT2D eigenvalue weighted by atomic mass is 10.0. The highest BCUT2D eigenvalue weighted by Gasteiger charge is 2.34. The molecule has 0 saturated heterocycles. The van der Waals surface area contributed by atoms with Crippen LogP contribution in [0.1, 0.15) is 116 Å². The van der Waals surface area contributed by atoms with E-state index in [1.807, 2.05) is 13.8 Å². The van der Waals surface area contributed by atoms with E-state index in [1.54, 1.807) is 6.92 Å². The van der Waals surface area contributed by atoms with E-state index in [2.05, 4.69) is 36.6 Å². The lowest BCUT2D eigenvalue weighted by Gasteiger charge is -2.29. The number of benzene rings is 1. The molecule has 436 valence electrons. The van der Waals surface area contributed by atoms with Gasteiger partial charge in [0.15, 0.2) is 11.9 Å². The summed E-state index contributed by atoms with van der Waals surface area (Å²) in [6.45, 7) is 5.96. The molecule has 6 atom stereocenters. The van der Waals surface area contributed by atoms with Gasteiger partial charge in [-0.25, -0.2) is 0 Å². The number of nitrogens with two attached hydrogens (primary N) is 9. The molecule has 1 rings (SSSR count). The number of primary amides is 1. The summed E-state index contributed by atoms with van der Waals surface area (Å²) < 4.78 is 0. The maximum absolute atomic E-state index is 14.3. The Bertz CT molecular complexity index is 2040. The van der Waals surface area contributed by atoms with Crippen LogP contribution in [-0.4, -0.2) is 169 Å². The normalized spacial score (nSPS) is 13.4. The van der Waals surface area contributed by atoms with Crippen molar-refractivity contribution in [3.05, 3.63) is 29.8 Å². The summed E-state index contributed by atoms with van der Waals surface area (Å²) in [7, 11) is 0. The summed E-state index contributed by atoms with van der Waals surface area (Å²) in [5, 5.41) is 23.4. The molecular formula is C50H92N18O9. The van der Waals surface area contributed by atoms with Gasteiger partial charge in [-0.1, -0.05) is 52.2 Å². The van der Waals surface area contributed by atoms with Gasteiger partial charge < -0.3 is 93.1 Å². The first kappa shape index (κ1) is 68.2. The van der Waals surface area contributed by atoms with Crippen LogP contribution in [-0.2, 0) is 44.8 Å². The van der Waals surface area contributed by atoms with Crippen LogP contribution in [0.15, 0.2) is 34.3 Å². The third-order valence-electron chi connectivity index (χ3n) is 12.2. The minimum absolute atomic E-state index is 0.00297. The van der Waals surface area contributed by atoms with Crippen molar-refractivity contribution < 1.29 is 43.5 Å². The molecule has 0 heterocycles. The van der Waals surface area contributed by atoms with E-state index in [-0.39, 0.29) is 94.8 Å². The average molecular weight is 1090 g/mol. The molecule has 8 amide bonds. The van der Waals surface area contributed by atoms with E-state index in [4.69, 9.17) is 51.6 Å². The van der Waals surface area contributed by atoms with Gasteiger partial charge in [0.25, 0.3) is 0 Å². The average Bonchev–Trinajstić information content (AvgIpc) is 3.37. The van der Waals surface area contributed by atoms with Gasteiger partial charge >= 0.3 is 0 Å². The molecule has 0 radical (unpaired) electrons. The largest absolute Gasteiger partial charge is 0.508 e. The summed E-state index contributed by atoms with van der Waals surface area (Å²) in [5.41, 5.74) is 51.5. The van der Waals surface area contributed by atoms with Crippen LogP contribution >= 0.6 is 0 Å². The molecule has 0 bridgehead atoms. The molecule has 27 nitrogen and oxygen atoms in total. The van der Waals surface area contributed by atoms with Crippen LogP contribution in [0.3, 0.4) is 0 Å². The van der Waals surface area contributed by atoms with Crippen LogP contribution in [0.25, 0.3) is 0 Å². The number of guanidine groups is 2. The van der Waals surface area contributed by atoms with Gasteiger partial charge in [-0.15, -0.1) is 0 Å². The number of nitrogens with one attached hydrogen (secondary N) is 5. The third kappa shape index (κ3) is 29.3. The van der Waals surface area contributed by atoms with Crippen LogP contribution in [0.5, 0.6) is 5.75 Å². The molecule has 27 heteroatoms. The van der Waals surface area contributed by atoms with Crippen LogP contribution < -0.4 is 78.2 Å². The van der Waals surface area contributed by atoms with E-state index in [9.17, 15) is 43.5 Å². The highest BCUT2D eigenvalue weighted by atomic mass is 16.3. The number of rotatable bonds is 41. The lowest BCUT2D eigenvalue weighted by molar-refractivity contribution is -0.140. The Kier molecular flexibility index (Phi) is 34.2. The Morgan fingerprint density at radius 1 is 0.545 bits per heavy atom. The van der Waals surface area contributed by atoms with Crippen molar-refractivity contribution in [3.8, 4) is 5.75 Å². The number of carbonyl (C=O) groups is 8. The molecule has 0 unspecified atom stereocenters. The summed E-state index contributed by atoms with van der Waals surface area (Å²) in [6.07, 6.45) is 5.80. The monoisotopic (exact) mass is 1090 g/mol. The zero-order valence-electron chi connectivity index (χ0n) is 45.5. The predicted molar refractivity (Wildman–Crippen MR) is 295 cm³/mol. The number of phenols is 1. The van der Waals surface area contributed by atoms with Crippen molar-refractivity contribution in [2.75, 3.05) is 58.9 Å². The molecule has 0 spiro atoms. The number of phenolic OH excluding ortho intramolecular Hbond substituents is 1. The van der Waals surface area contributed by atoms with E-state index in [0.29, 0.717) is 57.2 Å². The first-order valence-electron chi connectivity index (χ1n) is 26.7. The number of aromatic hydroxyl groups is 1. The second-order valence-electron chi connectivity index (χ2n) is 19.4. The number of nitrogens with zero attached hydrogens (tertiary/aromatic N) is 4. The fraction of sp³-hybridized carbons (Fsp3) is 0.680. The SMILES string of the molecule is CCC[C@H](NC(=O)[C@H](CCCN=C(N)N)NC(=O)CN(CCCCN)C(=O)[C@@H](N)CCCN=C(N)N)C(=O)N[C@@H](Cc1ccc(O)cc1)C(=O)N[C@@H](CN)C(=O)N[C@@H](CCC(C)C)C(=O)N(CCCCCCN)CC(N)=O. The van der Waals surface area contributed by atoms with Gasteiger partial charge in [-0.05, 0) is 107 Å². The summed E-state index contributed by atoms with van der Waals surface area (Å²) in [6, 6.07) is -1.59. The minimum Gasteiger partial charge on any atom is -0.508 e. The van der Waals surface area contributed by atoms with Crippen LogP contribution in [0.2, 0.25) is 0 Å². The fourth-order valence-corrected chi connectivity index (χ4v) is 7.97. The zero-order valence-corrected chi connectivity index (χ0v) is 45.5. The Morgan fingerprint density at radius 2 is 1.03 bits per heavy atom. The Balaban J connectivity index is 3.50. The molecule has 0 fully saturated rings. The van der Waals surface area contributed by atoms with Crippen molar-refractivity contribution in [2.45, 2.75) is 153 Å². The van der Waals surface area contributed by atoms with Gasteiger partial charge in [-0.3, -0.25) is 48.3 Å². The smallest absolute Gasteiger partial charge is 0.245 e. The maximum atomic E-state index is 14.3. The molecule has 0 aromatic heterocycles. The molecule has 24 N–H and O–H groups in total. The second-order valence-corrected chi connectivity index (χ2v) is 19.4. The van der Waals surface area contributed by atoms with E-state index in [0.717, 1.165) is 19.3 Å². The number of aliphatic imine (C=N–C) groups is 2. The van der Waals surface area contributed by atoms with Crippen molar-refractivity contribution >= 4 is 59.2 Å². The molecule has 0 aliphatic rings. The lowest BCUT2D eigenvalue weighted by Crippen LogP contribution is -2.61. The molecule has 0 aliphatic carbocycles. The molecule has 0 aliphatic heterocycles. The van der Waals surface area contributed by atoms with Crippen LogP contribution in [0, 0.1) is 5.92 Å². The number of carbonyl (C=O) groups excluding carboxylic acids is 8. The van der Waals surface area contributed by atoms with E-state index >= 15 is 0 Å². The zero-order chi connectivity index (χ0) is 57.9. The first-order chi connectivity index (χ1) is 36.6. The van der Waals surface area contributed by atoms with Crippen molar-refractivity contribution in [1.29, 1.82) is 0 Å². The number of amides is 8. The third-order valence-corrected chi connectivity index (χ3v) is 12.2. The quantitative estimate of drug-likeness (QED) is 0.0171. The summed E-state index contributed by atoms with van der Waals surface area (Å²) in [4.78, 5) is 121. The maximum Gasteiger partial charge on any atom is 0.245 e. The first-order valence-corrected chi connectivity index (χ1v) is 26.7. The van der Waals surface area contributed by atoms with Crippen LogP contribution in [0.4, 0.5) is 0 Å². The highest BCUT2D eigenvalue weighted by Crippen LogP contribution is 2.15. The Hall–Kier alpha value is -6.84. The minimum atomic E-state index is -1.41. The Labute approximate surface area is 453 Å². The standard InChI is InChI=1S/C50H92N18O9/c1-4-13-36(63-44(73)37(15-12-25-61-50(58)59)62-42(71)31-68(27-10-8-23-52)47(76)35(54)14-11-24-60-49(56)57)43(72)65-39(28-33-17-19-34(69)20-18-33)45(74)66-40(29-53)46(75)64-38(21-16-32(2)3)48(77)67(30-41(55)70)26-9-6-5-7-22-51/h17-20,32,35-40,69H,4-16,21-31,51-54H2,1-3H3,(H2,55,70)(H,62,71)(H,63,73)(H,64,75)(H,65,72)(H,66,74)(H4,56,57,60)(H4,58,59,61)/t35-,36-,37-,38-,39-,40-/m0/s1. The fourth-order valence-electron chi connectivity index (χ4n) is 7.97. The van der Waals surface area contributed by atoms with E-state index < -0.39 is 96.6 Å². The topological polar surface area (TPSA) is 482 Å². The number of hydrogen-bond acceptors (Lipinski definition) is 15. The van der Waals surface area contributed by atoms with Crippen molar-refractivity contribution in [2.24, 2.45) is 67.5 Å². The van der Waals surface area contributed by atoms with E-state index in [1.165, 1.54) is 34.1 Å². The summed E-state index contributed by atoms with van der Waals surface area (Å²) in [5.74, 6) is -5.89. The highest BCUT2D eigenvalue weighted by molar-refractivity contribution is 5.97. The predicted octanol–water partition coefficient (Wildman–Crippen LogP) is -3.61. The van der Waals surface area contributed by atoms with Gasteiger partial charge in [0.2, 0.25) is 47.3 Å². The Morgan fingerprint density at radius 3 is 1.57 bits per heavy atom. The summed E-state index contributed by atoms with van der Waals surface area (Å²) >= 11 is 0. The second kappa shape index (κ2) is 38.7. The number of hydrogen-bond donors (Lipinski definition) is 15. The van der Waals surface area contributed by atoms with Gasteiger partial charge in [0.1, 0.15) is 36.0 Å². The molecule has 77 heavy (non-hydrogen) atoms. The van der Waals surface area contributed by atoms with Crippen molar-refractivity contribution in [3.63, 3.8) is 0 Å². The molecule has 1 aromatic rings. The molecular weight excluding hydrogens is 997 g/mol. The molecule has 1 aromatic carbocycles.